The Balaban J connectivity index is 1.91. The van der Waals surface area contributed by atoms with Crippen molar-refractivity contribution >= 4 is 33.4 Å². The third-order valence-corrected chi connectivity index (χ3v) is 5.33. The molecule has 1 N–H and O–H groups in total. The second kappa shape index (κ2) is 7.22. The first kappa shape index (κ1) is 18.4. The van der Waals surface area contributed by atoms with Crippen LogP contribution in [0.1, 0.15) is 20.7 Å². The Morgan fingerprint density at radius 1 is 1.04 bits per heavy atom. The van der Waals surface area contributed by atoms with Gasteiger partial charge in [0.05, 0.1) is 19.3 Å². The summed E-state index contributed by atoms with van der Waals surface area (Å²) in [5.41, 5.74) is 1.06. The van der Waals surface area contributed by atoms with Gasteiger partial charge in [0.15, 0.2) is 0 Å². The molecule has 1 heterocycles. The zero-order valence-corrected chi connectivity index (χ0v) is 15.9. The van der Waals surface area contributed by atoms with Crippen LogP contribution in [0.5, 0.6) is 5.75 Å². The number of hydrogen-bond acceptors (Lipinski definition) is 5. The molecule has 3 aromatic rings. The van der Waals surface area contributed by atoms with Crippen molar-refractivity contribution in [3.05, 3.63) is 53.6 Å². The largest absolute Gasteiger partial charge is 0.496 e. The molecular weight excluding hydrogens is 356 g/mol. The van der Waals surface area contributed by atoms with Gasteiger partial charge in [-0.2, -0.15) is 0 Å². The Morgan fingerprint density at radius 2 is 1.82 bits per heavy atom. The van der Waals surface area contributed by atoms with Crippen LogP contribution >= 0.6 is 0 Å². The van der Waals surface area contributed by atoms with Crippen LogP contribution < -0.4 is 4.74 Å². The lowest BCUT2D eigenvalue weighted by atomic mass is 9.89. The zero-order valence-electron chi connectivity index (χ0n) is 15.9. The molecule has 1 aliphatic heterocycles. The number of carbonyl (C=O) groups excluding carboxylic acids is 2. The van der Waals surface area contributed by atoms with E-state index in [0.29, 0.717) is 35.4 Å². The Kier molecular flexibility index (Phi) is 4.75. The van der Waals surface area contributed by atoms with Gasteiger partial charge in [-0.25, -0.2) is 0 Å². The predicted molar refractivity (Wildman–Crippen MR) is 108 cm³/mol. The molecule has 0 bridgehead atoms. The van der Waals surface area contributed by atoms with Gasteiger partial charge in [0.25, 0.3) is 11.8 Å². The van der Waals surface area contributed by atoms with Crippen molar-refractivity contribution in [3.8, 4) is 5.75 Å². The highest BCUT2D eigenvalue weighted by Crippen LogP contribution is 2.39. The van der Waals surface area contributed by atoms with E-state index in [4.69, 9.17) is 9.84 Å². The highest BCUT2D eigenvalue weighted by molar-refractivity contribution is 6.31. The van der Waals surface area contributed by atoms with Crippen LogP contribution in [0.4, 0.5) is 0 Å². The minimum Gasteiger partial charge on any atom is -0.496 e. The van der Waals surface area contributed by atoms with Crippen LogP contribution in [0.2, 0.25) is 0 Å². The van der Waals surface area contributed by atoms with Crippen molar-refractivity contribution in [1.29, 1.82) is 0 Å². The molecule has 0 atom stereocenters. The lowest BCUT2D eigenvalue weighted by Gasteiger charge is -2.30. The fourth-order valence-electron chi connectivity index (χ4n) is 3.86. The molecule has 4 rings (SSSR count). The standard InChI is InChI=1S/C22H22N2O4/c1-23(11-12-25)9-10-24-21(26)16-7-8-18(28-2)17-13-14-5-3-4-6-15(14)20(19(16)17)22(24)27/h3-8,13,25H,9-12H2,1-2H3. The number of imide groups is 1. The van der Waals surface area contributed by atoms with E-state index < -0.39 is 0 Å². The smallest absolute Gasteiger partial charge is 0.262 e. The van der Waals surface area contributed by atoms with E-state index in [2.05, 4.69) is 0 Å². The molecule has 2 amide bonds. The van der Waals surface area contributed by atoms with Crippen LogP contribution in [0.3, 0.4) is 0 Å². The molecule has 1 aliphatic rings. The van der Waals surface area contributed by atoms with Gasteiger partial charge in [-0.05, 0) is 36.0 Å². The van der Waals surface area contributed by atoms with Gasteiger partial charge in [-0.15, -0.1) is 0 Å². The maximum atomic E-state index is 13.4. The fourth-order valence-corrected chi connectivity index (χ4v) is 3.86. The third kappa shape index (κ3) is 2.82. The topological polar surface area (TPSA) is 70.1 Å². The number of nitrogens with zero attached hydrogens (tertiary/aromatic N) is 2. The number of benzene rings is 3. The molecule has 0 fully saturated rings. The van der Waals surface area contributed by atoms with Gasteiger partial charge in [-0.1, -0.05) is 24.3 Å². The molecule has 6 heteroatoms. The molecule has 0 unspecified atom stereocenters. The highest BCUT2D eigenvalue weighted by Gasteiger charge is 2.34. The van der Waals surface area contributed by atoms with Crippen LogP contribution in [-0.4, -0.2) is 67.1 Å². The van der Waals surface area contributed by atoms with Gasteiger partial charge in [-0.3, -0.25) is 14.5 Å². The first-order valence-electron chi connectivity index (χ1n) is 9.25. The van der Waals surface area contributed by atoms with E-state index in [1.54, 1.807) is 19.2 Å². The second-order valence-electron chi connectivity index (χ2n) is 7.00. The maximum Gasteiger partial charge on any atom is 0.262 e. The van der Waals surface area contributed by atoms with Gasteiger partial charge < -0.3 is 14.7 Å². The summed E-state index contributed by atoms with van der Waals surface area (Å²) in [7, 11) is 3.44. The number of methoxy groups -OCH3 is 1. The number of fused-ring (bicyclic) bond motifs is 2. The Morgan fingerprint density at radius 3 is 2.57 bits per heavy atom. The maximum absolute atomic E-state index is 13.4. The van der Waals surface area contributed by atoms with E-state index in [-0.39, 0.29) is 25.0 Å². The SMILES string of the molecule is COc1ccc2c3c(c4ccccc4cc13)C(=O)N(CCN(C)CCO)C2=O. The number of carbonyl (C=O) groups is 2. The predicted octanol–water partition coefficient (Wildman–Crippen LogP) is 2.52. The summed E-state index contributed by atoms with van der Waals surface area (Å²) in [6, 6.07) is 13.2. The quantitative estimate of drug-likeness (QED) is 0.527. The number of amides is 2. The minimum atomic E-state index is -0.294. The normalized spacial score (nSPS) is 13.8. The summed E-state index contributed by atoms with van der Waals surface area (Å²) in [5.74, 6) is 0.0604. The van der Waals surface area contributed by atoms with Crippen molar-refractivity contribution in [2.75, 3.05) is 40.4 Å². The van der Waals surface area contributed by atoms with Crippen LogP contribution in [0.25, 0.3) is 21.5 Å². The number of likely N-dealkylation sites (N-methyl/N-ethyl adjacent to an activating group) is 1. The van der Waals surface area contributed by atoms with E-state index >= 15 is 0 Å². The van der Waals surface area contributed by atoms with Crippen molar-refractivity contribution in [2.24, 2.45) is 0 Å². The molecule has 0 saturated heterocycles. The van der Waals surface area contributed by atoms with Gasteiger partial charge in [0.1, 0.15) is 5.75 Å². The number of hydrogen-bond donors (Lipinski definition) is 1. The van der Waals surface area contributed by atoms with Crippen LogP contribution in [0.15, 0.2) is 42.5 Å². The average Bonchev–Trinajstić information content (AvgIpc) is 2.70. The molecule has 0 aromatic heterocycles. The zero-order chi connectivity index (χ0) is 19.8. The summed E-state index contributed by atoms with van der Waals surface area (Å²) >= 11 is 0. The van der Waals surface area contributed by atoms with E-state index in [0.717, 1.165) is 16.2 Å². The van der Waals surface area contributed by atoms with E-state index in [1.807, 2.05) is 42.3 Å². The molecule has 144 valence electrons. The first-order valence-corrected chi connectivity index (χ1v) is 9.25. The summed E-state index contributed by atoms with van der Waals surface area (Å²) in [5, 5.41) is 12.3. The molecule has 6 nitrogen and oxygen atoms in total. The first-order chi connectivity index (χ1) is 13.6. The van der Waals surface area contributed by atoms with Gasteiger partial charge >= 0.3 is 0 Å². The molecule has 28 heavy (non-hydrogen) atoms. The van der Waals surface area contributed by atoms with Crippen molar-refractivity contribution in [1.82, 2.24) is 9.80 Å². The Bertz CT molecular complexity index is 1090. The van der Waals surface area contributed by atoms with Crippen LogP contribution in [0, 0.1) is 0 Å². The van der Waals surface area contributed by atoms with Crippen molar-refractivity contribution in [2.45, 2.75) is 0 Å². The number of aliphatic hydroxyl groups excluding tert-OH is 1. The lowest BCUT2D eigenvalue weighted by molar-refractivity contribution is 0.0596. The highest BCUT2D eigenvalue weighted by atomic mass is 16.5. The average molecular weight is 378 g/mol. The summed E-state index contributed by atoms with van der Waals surface area (Å²) in [6.07, 6.45) is 0. The third-order valence-electron chi connectivity index (χ3n) is 5.33. The molecule has 0 saturated carbocycles. The monoisotopic (exact) mass is 378 g/mol. The minimum absolute atomic E-state index is 0.0327. The Hall–Kier alpha value is -2.96. The Labute approximate surface area is 162 Å². The molecule has 3 aromatic carbocycles. The van der Waals surface area contributed by atoms with Crippen molar-refractivity contribution < 1.29 is 19.4 Å². The number of ether oxygens (including phenoxy) is 1. The van der Waals surface area contributed by atoms with Crippen LogP contribution in [-0.2, 0) is 0 Å². The second-order valence-corrected chi connectivity index (χ2v) is 7.00. The molecule has 0 radical (unpaired) electrons. The van der Waals surface area contributed by atoms with Gasteiger partial charge in [0, 0.05) is 36.0 Å². The lowest BCUT2D eigenvalue weighted by Crippen LogP contribution is -2.44. The number of aliphatic hydroxyl groups is 1. The van der Waals surface area contributed by atoms with E-state index in [1.165, 1.54) is 4.90 Å². The fraction of sp³-hybridized carbons (Fsp3) is 0.273. The number of rotatable bonds is 6. The summed E-state index contributed by atoms with van der Waals surface area (Å²) < 4.78 is 5.49. The van der Waals surface area contributed by atoms with Gasteiger partial charge in [0.2, 0.25) is 0 Å². The summed E-state index contributed by atoms with van der Waals surface area (Å²) in [4.78, 5) is 29.7. The summed E-state index contributed by atoms with van der Waals surface area (Å²) in [6.45, 7) is 1.29. The molecular formula is C22H22N2O4. The molecule has 0 aliphatic carbocycles. The molecule has 0 spiro atoms. The van der Waals surface area contributed by atoms with Crippen molar-refractivity contribution in [3.63, 3.8) is 0 Å². The van der Waals surface area contributed by atoms with E-state index in [9.17, 15) is 9.59 Å².